The molecule has 0 radical (unpaired) electrons. The number of urea groups is 1. The van der Waals surface area contributed by atoms with Gasteiger partial charge in [-0.2, -0.15) is 9.98 Å². The Morgan fingerprint density at radius 1 is 1.26 bits per heavy atom. The molecule has 7 heteroatoms. The molecule has 3 rings (SSSR count). The minimum Gasteiger partial charge on any atom is -0.244 e. The standard InChI is InChI=1S/C12H13N3O3S/c1-7-9(19(17,18)15-12(2)5-6-12)4-3-8-10(7)14-11(16)13-8/h3-4,15H,5-6H2,1-2H3. The first-order valence-corrected chi connectivity index (χ1v) is 7.44. The largest absolute Gasteiger partial charge is 0.368 e. The lowest BCUT2D eigenvalue weighted by Crippen LogP contribution is -2.36. The van der Waals surface area contributed by atoms with Crippen molar-refractivity contribution >= 4 is 16.1 Å². The van der Waals surface area contributed by atoms with Crippen LogP contribution in [0.25, 0.3) is 0 Å². The summed E-state index contributed by atoms with van der Waals surface area (Å²) in [6.07, 6.45) is 1.68. The van der Waals surface area contributed by atoms with Gasteiger partial charge < -0.3 is 0 Å². The summed E-state index contributed by atoms with van der Waals surface area (Å²) in [5.74, 6) is 0. The highest BCUT2D eigenvalue weighted by Gasteiger charge is 2.41. The molecule has 0 bridgehead atoms. The van der Waals surface area contributed by atoms with Crippen molar-refractivity contribution in [3.63, 3.8) is 0 Å². The fraction of sp³-hybridized carbons (Fsp3) is 0.417. The van der Waals surface area contributed by atoms with Crippen LogP contribution in [0.5, 0.6) is 0 Å². The second-order valence-corrected chi connectivity index (χ2v) is 6.88. The zero-order valence-corrected chi connectivity index (χ0v) is 11.4. The van der Waals surface area contributed by atoms with Crippen LogP contribution in [0, 0.1) is 6.92 Å². The fourth-order valence-corrected chi connectivity index (χ4v) is 3.79. The lowest BCUT2D eigenvalue weighted by atomic mass is 10.2. The highest BCUT2D eigenvalue weighted by atomic mass is 32.2. The van der Waals surface area contributed by atoms with Crippen LogP contribution in [0.2, 0.25) is 0 Å². The number of benzene rings is 1. The zero-order valence-electron chi connectivity index (χ0n) is 10.6. The van der Waals surface area contributed by atoms with E-state index in [1.165, 1.54) is 12.1 Å². The highest BCUT2D eigenvalue weighted by Crippen LogP contribution is 2.36. The molecule has 1 saturated carbocycles. The molecule has 0 unspecified atom stereocenters. The average molecular weight is 279 g/mol. The van der Waals surface area contributed by atoms with Crippen molar-refractivity contribution < 1.29 is 13.2 Å². The quantitative estimate of drug-likeness (QED) is 0.857. The number of carbonyl (C=O) groups excluding carboxylic acids is 1. The number of nitrogens with zero attached hydrogens (tertiary/aromatic N) is 2. The van der Waals surface area contributed by atoms with Crippen molar-refractivity contribution in [2.45, 2.75) is 37.1 Å². The summed E-state index contributed by atoms with van der Waals surface area (Å²) in [6, 6.07) is 2.40. The van der Waals surface area contributed by atoms with Crippen molar-refractivity contribution in [1.82, 2.24) is 4.72 Å². The summed E-state index contributed by atoms with van der Waals surface area (Å²) >= 11 is 0. The van der Waals surface area contributed by atoms with Crippen LogP contribution in [0.3, 0.4) is 0 Å². The molecule has 0 saturated heterocycles. The molecule has 1 aliphatic carbocycles. The van der Waals surface area contributed by atoms with E-state index in [1.54, 1.807) is 6.92 Å². The summed E-state index contributed by atoms with van der Waals surface area (Å²) in [7, 11) is -3.59. The van der Waals surface area contributed by atoms with Gasteiger partial charge >= 0.3 is 6.03 Å². The lowest BCUT2D eigenvalue weighted by molar-refractivity contribution is 0.256. The number of hydrogen-bond donors (Lipinski definition) is 1. The SMILES string of the molecule is Cc1c(S(=O)(=O)NC2(C)CC2)ccc2c1=NC(=O)N=2. The Labute approximate surface area is 110 Å². The van der Waals surface area contributed by atoms with Gasteiger partial charge in [-0.15, -0.1) is 0 Å². The topological polar surface area (TPSA) is 88.0 Å². The second-order valence-electron chi connectivity index (χ2n) is 5.23. The normalized spacial score (nSPS) is 19.6. The predicted molar refractivity (Wildman–Crippen MR) is 66.8 cm³/mol. The van der Waals surface area contributed by atoms with Crippen LogP contribution in [-0.4, -0.2) is 20.0 Å². The number of rotatable bonds is 3. The molecular weight excluding hydrogens is 266 g/mol. The summed E-state index contributed by atoms with van der Waals surface area (Å²) in [6.45, 7) is 3.51. The Balaban J connectivity index is 2.14. The average Bonchev–Trinajstić information content (AvgIpc) is 2.86. The van der Waals surface area contributed by atoms with Crippen molar-refractivity contribution in [3.05, 3.63) is 28.4 Å². The third-order valence-corrected chi connectivity index (χ3v) is 5.24. The number of sulfonamides is 1. The zero-order chi connectivity index (χ0) is 13.8. The smallest absolute Gasteiger partial charge is 0.244 e. The first-order valence-electron chi connectivity index (χ1n) is 5.96. The van der Waals surface area contributed by atoms with Crippen LogP contribution in [0.15, 0.2) is 27.0 Å². The van der Waals surface area contributed by atoms with Crippen LogP contribution in [0.4, 0.5) is 4.79 Å². The molecule has 0 aromatic heterocycles. The van der Waals surface area contributed by atoms with E-state index in [9.17, 15) is 13.2 Å². The molecule has 100 valence electrons. The number of nitrogens with one attached hydrogen (secondary N) is 1. The second kappa shape index (κ2) is 3.71. The molecule has 0 spiro atoms. The summed E-state index contributed by atoms with van der Waals surface area (Å²) in [4.78, 5) is 18.8. The minimum absolute atomic E-state index is 0.160. The Hall–Kier alpha value is -1.60. The lowest BCUT2D eigenvalue weighted by Gasteiger charge is -2.13. The van der Waals surface area contributed by atoms with Crippen LogP contribution < -0.4 is 15.4 Å². The fourth-order valence-electron chi connectivity index (χ4n) is 2.08. The summed E-state index contributed by atoms with van der Waals surface area (Å²) < 4.78 is 27.3. The molecule has 1 aliphatic heterocycles. The third kappa shape index (κ3) is 2.08. The summed E-state index contributed by atoms with van der Waals surface area (Å²) in [5.41, 5.74) is 0.130. The van der Waals surface area contributed by atoms with E-state index in [0.29, 0.717) is 16.3 Å². The van der Waals surface area contributed by atoms with E-state index in [4.69, 9.17) is 0 Å². The maximum Gasteiger partial charge on any atom is 0.368 e. The third-order valence-electron chi connectivity index (χ3n) is 3.45. The van der Waals surface area contributed by atoms with Gasteiger partial charge in [0.15, 0.2) is 0 Å². The summed E-state index contributed by atoms with van der Waals surface area (Å²) in [5, 5.41) is 0.785. The van der Waals surface area contributed by atoms with Gasteiger partial charge in [0.1, 0.15) is 0 Å². The Morgan fingerprint density at radius 3 is 2.58 bits per heavy atom. The molecule has 1 fully saturated rings. The van der Waals surface area contributed by atoms with Crippen molar-refractivity contribution in [2.24, 2.45) is 9.98 Å². The molecule has 1 heterocycles. The van der Waals surface area contributed by atoms with Gasteiger partial charge in [-0.25, -0.2) is 17.9 Å². The monoisotopic (exact) mass is 279 g/mol. The van der Waals surface area contributed by atoms with E-state index in [1.807, 2.05) is 6.92 Å². The van der Waals surface area contributed by atoms with E-state index in [-0.39, 0.29) is 10.4 Å². The molecule has 1 aromatic rings. The predicted octanol–water partition coefficient (Wildman–Crippen LogP) is 0.199. The van der Waals surface area contributed by atoms with E-state index in [0.717, 1.165) is 12.8 Å². The van der Waals surface area contributed by atoms with Gasteiger partial charge in [0.2, 0.25) is 10.0 Å². The Kier molecular flexibility index (Phi) is 2.42. The molecule has 19 heavy (non-hydrogen) atoms. The maximum atomic E-state index is 12.3. The van der Waals surface area contributed by atoms with Gasteiger partial charge in [-0.05, 0) is 44.4 Å². The number of amides is 2. The number of fused-ring (bicyclic) bond motifs is 1. The van der Waals surface area contributed by atoms with E-state index in [2.05, 4.69) is 14.7 Å². The van der Waals surface area contributed by atoms with Gasteiger partial charge in [0.05, 0.1) is 15.6 Å². The molecule has 1 aromatic carbocycles. The van der Waals surface area contributed by atoms with Gasteiger partial charge in [0.25, 0.3) is 0 Å². The van der Waals surface area contributed by atoms with Crippen molar-refractivity contribution in [2.75, 3.05) is 0 Å². The van der Waals surface area contributed by atoms with Gasteiger partial charge in [-0.3, -0.25) is 0 Å². The molecule has 2 amide bonds. The molecule has 1 N–H and O–H groups in total. The molecule has 2 aliphatic rings. The Morgan fingerprint density at radius 2 is 1.95 bits per heavy atom. The highest BCUT2D eigenvalue weighted by molar-refractivity contribution is 7.89. The van der Waals surface area contributed by atoms with Gasteiger partial charge in [0, 0.05) is 5.54 Å². The minimum atomic E-state index is -3.59. The molecule has 6 nitrogen and oxygen atoms in total. The van der Waals surface area contributed by atoms with Crippen LogP contribution in [-0.2, 0) is 10.0 Å². The van der Waals surface area contributed by atoms with Crippen LogP contribution in [0.1, 0.15) is 25.3 Å². The first kappa shape index (κ1) is 12.4. The Bertz CT molecular complexity index is 807. The number of carbonyl (C=O) groups is 1. The first-order chi connectivity index (χ1) is 8.81. The van der Waals surface area contributed by atoms with E-state index < -0.39 is 16.1 Å². The molecule has 0 atom stereocenters. The number of hydrogen-bond acceptors (Lipinski definition) is 3. The maximum absolute atomic E-state index is 12.3. The van der Waals surface area contributed by atoms with Crippen molar-refractivity contribution in [3.8, 4) is 0 Å². The van der Waals surface area contributed by atoms with Crippen LogP contribution >= 0.6 is 0 Å². The van der Waals surface area contributed by atoms with Gasteiger partial charge in [-0.1, -0.05) is 0 Å². The van der Waals surface area contributed by atoms with E-state index >= 15 is 0 Å². The van der Waals surface area contributed by atoms with Crippen molar-refractivity contribution in [1.29, 1.82) is 0 Å². The molecular formula is C12H13N3O3S.